The van der Waals surface area contributed by atoms with Crippen LogP contribution in [0.4, 0.5) is 0 Å². The molecule has 2 heterocycles. The molecule has 4 aliphatic rings. The van der Waals surface area contributed by atoms with Crippen LogP contribution in [0, 0.1) is 33.0 Å². The van der Waals surface area contributed by atoms with Crippen LogP contribution in [0.1, 0.15) is 206 Å². The van der Waals surface area contributed by atoms with E-state index in [0.717, 1.165) is 55.6 Å². The first-order valence-electron chi connectivity index (χ1n) is 28.0. The van der Waals surface area contributed by atoms with Gasteiger partial charge < -0.3 is 10.2 Å². The van der Waals surface area contributed by atoms with Crippen LogP contribution in [0.2, 0.25) is 0 Å². The topological polar surface area (TPSA) is 15.3 Å². The Hall–Kier alpha value is -4.02. The third kappa shape index (κ3) is 12.9. The van der Waals surface area contributed by atoms with E-state index in [1.54, 1.807) is 0 Å². The second kappa shape index (κ2) is 21.7. The maximum atomic E-state index is 4.95. The summed E-state index contributed by atoms with van der Waals surface area (Å²) in [6, 6.07) is 7.70. The highest BCUT2D eigenvalue weighted by atomic mass is 32.1. The number of unbranched alkanes of at least 4 members (excludes halogenated alkanes) is 1. The van der Waals surface area contributed by atoms with E-state index in [0.29, 0.717) is 5.92 Å². The Labute approximate surface area is 446 Å². The van der Waals surface area contributed by atoms with E-state index >= 15 is 0 Å². The van der Waals surface area contributed by atoms with Gasteiger partial charge in [0.15, 0.2) is 0 Å². The lowest BCUT2D eigenvalue weighted by atomic mass is 9.41. The Morgan fingerprint density at radius 3 is 2.03 bits per heavy atom. The Morgan fingerprint density at radius 2 is 1.43 bits per heavy atom. The van der Waals surface area contributed by atoms with Crippen molar-refractivity contribution >= 4 is 32.9 Å². The Balaban J connectivity index is 1.63. The number of hydrogen-bond acceptors (Lipinski definition) is 3. The molecule has 0 saturated heterocycles. The summed E-state index contributed by atoms with van der Waals surface area (Å²) in [6.07, 6.45) is 33.3. The van der Waals surface area contributed by atoms with Crippen molar-refractivity contribution in [3.8, 4) is 0 Å². The number of hydrogen-bond donors (Lipinski definition) is 1. The molecule has 3 aliphatic carbocycles. The zero-order valence-electron chi connectivity index (χ0n) is 49.1. The minimum atomic E-state index is 0.00889. The predicted molar refractivity (Wildman–Crippen MR) is 323 cm³/mol. The summed E-state index contributed by atoms with van der Waals surface area (Å²) in [6.45, 7) is 57.5. The molecular formula is C68H99BN2S. The van der Waals surface area contributed by atoms with Gasteiger partial charge in [0.25, 0.3) is 6.71 Å². The monoisotopic (exact) mass is 987 g/mol. The second-order valence-corrected chi connectivity index (χ2v) is 28.8. The lowest BCUT2D eigenvalue weighted by Gasteiger charge is -2.49. The maximum absolute atomic E-state index is 4.95. The van der Waals surface area contributed by atoms with Crippen LogP contribution in [0.5, 0.6) is 0 Å². The lowest BCUT2D eigenvalue weighted by Crippen LogP contribution is -2.42. The Kier molecular flexibility index (Phi) is 17.2. The van der Waals surface area contributed by atoms with Crippen molar-refractivity contribution in [3.05, 3.63) is 160 Å². The molecule has 1 unspecified atom stereocenters. The molecule has 2 saturated carbocycles. The first-order valence-corrected chi connectivity index (χ1v) is 28.9. The largest absolute Gasteiger partial charge is 0.356 e. The van der Waals surface area contributed by atoms with E-state index < -0.39 is 0 Å². The average Bonchev–Trinajstić information content (AvgIpc) is 3.71. The van der Waals surface area contributed by atoms with Crippen molar-refractivity contribution in [2.75, 3.05) is 6.54 Å². The van der Waals surface area contributed by atoms with Gasteiger partial charge in [0.2, 0.25) is 0 Å². The minimum absolute atomic E-state index is 0.00889. The molecule has 1 atom stereocenters. The van der Waals surface area contributed by atoms with Crippen LogP contribution in [-0.2, 0) is 10.8 Å². The van der Waals surface area contributed by atoms with Crippen molar-refractivity contribution in [3.63, 3.8) is 0 Å². The molecule has 0 bridgehead atoms. The predicted octanol–water partition coefficient (Wildman–Crippen LogP) is 19.5. The van der Waals surface area contributed by atoms with Gasteiger partial charge in [0, 0.05) is 34.5 Å². The van der Waals surface area contributed by atoms with Gasteiger partial charge in [0.1, 0.15) is 0 Å². The first kappa shape index (κ1) is 57.3. The van der Waals surface area contributed by atoms with Crippen LogP contribution in [0.3, 0.4) is 0 Å². The van der Waals surface area contributed by atoms with Gasteiger partial charge in [-0.25, -0.2) is 0 Å². The van der Waals surface area contributed by atoms with Crippen LogP contribution in [0.15, 0.2) is 149 Å². The van der Waals surface area contributed by atoms with Crippen LogP contribution >= 0.6 is 11.3 Å². The van der Waals surface area contributed by atoms with Crippen molar-refractivity contribution in [1.82, 2.24) is 10.2 Å². The normalized spacial score (nSPS) is 24.2. The average molecular weight is 987 g/mol. The number of nitrogens with one attached hydrogen (secondary N) is 1. The van der Waals surface area contributed by atoms with Crippen LogP contribution in [-0.4, -0.2) is 18.2 Å². The van der Waals surface area contributed by atoms with Crippen molar-refractivity contribution in [1.29, 1.82) is 0 Å². The zero-order chi connectivity index (χ0) is 53.4. The minimum Gasteiger partial charge on any atom is -0.356 e. The quantitative estimate of drug-likeness (QED) is 0.0780. The van der Waals surface area contributed by atoms with E-state index in [9.17, 15) is 0 Å². The van der Waals surface area contributed by atoms with E-state index in [4.69, 9.17) is 6.58 Å². The summed E-state index contributed by atoms with van der Waals surface area (Å²) in [4.78, 5) is 2.65. The molecule has 2 fully saturated rings. The molecule has 390 valence electrons. The summed E-state index contributed by atoms with van der Waals surface area (Å²) in [5.74, 6) is 3.03. The molecule has 1 N–H and O–H groups in total. The Bertz CT molecular complexity index is 2580. The molecular weight excluding hydrogens is 888 g/mol. The maximum Gasteiger partial charge on any atom is 0.253 e. The highest BCUT2D eigenvalue weighted by Crippen LogP contribution is 2.55. The summed E-state index contributed by atoms with van der Waals surface area (Å²) in [5, 5.41) is 5.56. The van der Waals surface area contributed by atoms with Gasteiger partial charge in [-0.15, -0.1) is 17.9 Å². The standard InChI is InChI=1S/C68H99BN2S/c1-22-25-26-27-29-49(30-32-62(7,8)9)58(28-23-2)70-59(40-47(4)5)57-46-71(39-31-53-52(24-3)64(12,13)35-36-65(53,14)15)51(43-54-48(6)63(10,11)33-34-66(54,16)17)45-69(57)61-42-50-41-55-56(44-60(50)72-61)68(20,21)38-37-67(55,18)19/h22,24,27-31,40-42,44-46,54,70H,1,4,6,23,25-26,32-39,43H2,2-3,5,7-21H3/b29-27+,49-30-,52-24+,53-31+,58-28+,59-40+. The second-order valence-electron chi connectivity index (χ2n) is 27.7. The number of benzene rings is 1. The number of rotatable bonds is 16. The molecule has 2 aromatic rings. The molecule has 1 aromatic heterocycles. The fourth-order valence-corrected chi connectivity index (χ4v) is 13.4. The number of nitrogens with zero attached hydrogens (tertiary/aromatic N) is 1. The van der Waals surface area contributed by atoms with Crippen molar-refractivity contribution < 1.29 is 0 Å². The lowest BCUT2D eigenvalue weighted by molar-refractivity contribution is 0.120. The van der Waals surface area contributed by atoms with E-state index in [1.807, 2.05) is 17.4 Å². The third-order valence-electron chi connectivity index (χ3n) is 17.6. The molecule has 1 aliphatic heterocycles. The summed E-state index contributed by atoms with van der Waals surface area (Å²) < 4.78 is 2.78. The van der Waals surface area contributed by atoms with E-state index in [2.05, 4.69) is 221 Å². The molecule has 4 heteroatoms. The molecule has 1 aromatic carbocycles. The van der Waals surface area contributed by atoms with Gasteiger partial charge in [-0.1, -0.05) is 184 Å². The number of allylic oxidation sites excluding steroid dienone is 13. The van der Waals surface area contributed by atoms with Crippen molar-refractivity contribution in [2.45, 2.75) is 206 Å². The Morgan fingerprint density at radius 1 is 0.819 bits per heavy atom. The SMILES string of the molecule is C=CCC/C=C/C(=C/CC(C)(C)C)C(=C\CC)/N/C(=C/C(=C)C)C1=CN(C/C=C2\C(=C/C)C(C)(C)CCC2(C)C)C(CC2C(=C)C(C)(C)CCC2(C)C)=CB1c1cc2cc3c(cc2s1)C(C)(C)CCC3(C)C. The fraction of sp³-hybridized carbons (Fsp3) is 0.559. The van der Waals surface area contributed by atoms with Gasteiger partial charge >= 0.3 is 0 Å². The van der Waals surface area contributed by atoms with Gasteiger partial charge in [0.05, 0.1) is 0 Å². The van der Waals surface area contributed by atoms with Gasteiger partial charge in [-0.3, -0.25) is 0 Å². The third-order valence-corrected chi connectivity index (χ3v) is 18.8. The number of thiophene rings is 1. The zero-order valence-corrected chi connectivity index (χ0v) is 49.9. The fourth-order valence-electron chi connectivity index (χ4n) is 12.2. The van der Waals surface area contributed by atoms with Crippen LogP contribution < -0.4 is 10.1 Å². The highest BCUT2D eigenvalue weighted by Gasteiger charge is 2.45. The molecule has 0 amide bonds. The highest BCUT2D eigenvalue weighted by molar-refractivity contribution is 7.30. The van der Waals surface area contributed by atoms with E-state index in [-0.39, 0.29) is 44.6 Å². The van der Waals surface area contributed by atoms with Gasteiger partial charge in [-0.05, 0) is 196 Å². The molecule has 2 nitrogen and oxygen atoms in total. The van der Waals surface area contributed by atoms with Crippen LogP contribution in [0.25, 0.3) is 10.1 Å². The molecule has 0 spiro atoms. The van der Waals surface area contributed by atoms with E-state index in [1.165, 1.54) is 98.0 Å². The van der Waals surface area contributed by atoms with Gasteiger partial charge in [-0.2, -0.15) is 0 Å². The molecule has 72 heavy (non-hydrogen) atoms. The summed E-state index contributed by atoms with van der Waals surface area (Å²) in [7, 11) is 0. The number of fused-ring (bicyclic) bond motifs is 2. The molecule has 0 radical (unpaired) electrons. The summed E-state index contributed by atoms with van der Waals surface area (Å²) >= 11 is 2.00. The summed E-state index contributed by atoms with van der Waals surface area (Å²) in [5.41, 5.74) is 15.5. The molecule has 6 rings (SSSR count). The van der Waals surface area contributed by atoms with Crippen molar-refractivity contribution in [2.24, 2.45) is 33.0 Å². The first-order chi connectivity index (χ1) is 33.4. The smallest absolute Gasteiger partial charge is 0.253 e.